The van der Waals surface area contributed by atoms with Crippen molar-refractivity contribution >= 4 is 10.9 Å². The molecular weight excluding hydrogens is 204 g/mol. The minimum absolute atomic E-state index is 0.545. The summed E-state index contributed by atoms with van der Waals surface area (Å²) in [5.41, 5.74) is 2.54. The van der Waals surface area contributed by atoms with Crippen molar-refractivity contribution in [1.29, 1.82) is 5.26 Å². The van der Waals surface area contributed by atoms with Gasteiger partial charge in [0.25, 0.3) is 0 Å². The van der Waals surface area contributed by atoms with E-state index >= 15 is 0 Å². The molecule has 0 saturated carbocycles. The molecule has 1 heterocycles. The fourth-order valence-electron chi connectivity index (χ4n) is 1.75. The summed E-state index contributed by atoms with van der Waals surface area (Å²) in [4.78, 5) is 3.01. The Kier molecular flexibility index (Phi) is 2.65. The van der Waals surface area contributed by atoms with E-state index in [-0.39, 0.29) is 0 Å². The minimum Gasteiger partial charge on any atom is -0.384 e. The second kappa shape index (κ2) is 3.97. The first-order chi connectivity index (χ1) is 7.63. The van der Waals surface area contributed by atoms with Crippen LogP contribution in [-0.4, -0.2) is 21.3 Å². The summed E-state index contributed by atoms with van der Waals surface area (Å²) in [6.07, 6.45) is -0.961. The molecule has 1 aromatic heterocycles. The maximum atomic E-state index is 9.75. The molecule has 0 bridgehead atoms. The maximum absolute atomic E-state index is 9.75. The van der Waals surface area contributed by atoms with E-state index in [4.69, 9.17) is 5.26 Å². The van der Waals surface area contributed by atoms with Gasteiger partial charge in [0.1, 0.15) is 6.10 Å². The highest BCUT2D eigenvalue weighted by Crippen LogP contribution is 2.26. The van der Waals surface area contributed by atoms with Gasteiger partial charge >= 0.3 is 0 Å². The number of hydrogen-bond acceptors (Lipinski definition) is 3. The topological polar surface area (TPSA) is 80.0 Å². The summed E-state index contributed by atoms with van der Waals surface area (Å²) in [6, 6.07) is 7.36. The van der Waals surface area contributed by atoms with Crippen molar-refractivity contribution in [3.63, 3.8) is 0 Å². The normalized spacial score (nSPS) is 14.6. The zero-order chi connectivity index (χ0) is 11.7. The number of nitrogens with one attached hydrogen (secondary N) is 1. The van der Waals surface area contributed by atoms with Gasteiger partial charge < -0.3 is 15.2 Å². The molecule has 3 N–H and O–H groups in total. The largest absolute Gasteiger partial charge is 0.384 e. The average Bonchev–Trinajstić information content (AvgIpc) is 2.69. The maximum Gasteiger partial charge on any atom is 0.170 e. The van der Waals surface area contributed by atoms with Crippen LogP contribution in [0.15, 0.2) is 24.4 Å². The van der Waals surface area contributed by atoms with Crippen LogP contribution in [0.4, 0.5) is 0 Å². The lowest BCUT2D eigenvalue weighted by Gasteiger charge is -2.10. The molecule has 4 heteroatoms. The number of aliphatic hydroxyl groups excluding tert-OH is 2. The third kappa shape index (κ3) is 1.67. The van der Waals surface area contributed by atoms with E-state index in [1.807, 2.05) is 25.1 Å². The third-order valence-electron chi connectivity index (χ3n) is 2.62. The molecule has 2 atom stereocenters. The van der Waals surface area contributed by atoms with Gasteiger partial charge in [-0.3, -0.25) is 0 Å². The molecule has 0 amide bonds. The first kappa shape index (κ1) is 10.7. The smallest absolute Gasteiger partial charge is 0.170 e. The van der Waals surface area contributed by atoms with E-state index < -0.39 is 12.2 Å². The number of nitriles is 1. The van der Waals surface area contributed by atoms with Crippen molar-refractivity contribution in [3.05, 3.63) is 35.5 Å². The summed E-state index contributed by atoms with van der Waals surface area (Å²) >= 11 is 0. The van der Waals surface area contributed by atoms with Crippen molar-refractivity contribution in [2.24, 2.45) is 0 Å². The van der Waals surface area contributed by atoms with E-state index in [0.717, 1.165) is 16.5 Å². The summed E-state index contributed by atoms with van der Waals surface area (Å²) in [7, 11) is 0. The number of nitrogens with zero attached hydrogens (tertiary/aromatic N) is 1. The molecule has 0 aliphatic heterocycles. The highest BCUT2D eigenvalue weighted by Gasteiger charge is 2.20. The molecular formula is C12H12N2O2. The van der Waals surface area contributed by atoms with E-state index in [1.54, 1.807) is 12.3 Å². The van der Waals surface area contributed by atoms with Gasteiger partial charge in [0, 0.05) is 22.7 Å². The van der Waals surface area contributed by atoms with Crippen molar-refractivity contribution < 1.29 is 10.2 Å². The Morgan fingerprint density at radius 2 is 2.12 bits per heavy atom. The van der Waals surface area contributed by atoms with E-state index in [2.05, 4.69) is 4.98 Å². The monoisotopic (exact) mass is 216 g/mol. The highest BCUT2D eigenvalue weighted by molar-refractivity contribution is 5.84. The number of aryl methyl sites for hydroxylation is 1. The van der Waals surface area contributed by atoms with Crippen LogP contribution in [0.2, 0.25) is 0 Å². The Labute approximate surface area is 92.8 Å². The first-order valence-corrected chi connectivity index (χ1v) is 4.97. The second-order valence-corrected chi connectivity index (χ2v) is 3.81. The predicted molar refractivity (Wildman–Crippen MR) is 59.6 cm³/mol. The fourth-order valence-corrected chi connectivity index (χ4v) is 1.75. The SMILES string of the molecule is Cc1ccc2c(C(O)C(O)C#N)c[nH]c2c1. The number of fused-ring (bicyclic) bond motifs is 1. The Morgan fingerprint density at radius 3 is 2.81 bits per heavy atom. The summed E-state index contributed by atoms with van der Waals surface area (Å²) in [6.45, 7) is 1.97. The van der Waals surface area contributed by atoms with Crippen molar-refractivity contribution in [1.82, 2.24) is 4.98 Å². The summed E-state index contributed by atoms with van der Waals surface area (Å²) in [5, 5.41) is 28.4. The first-order valence-electron chi connectivity index (χ1n) is 4.97. The Hall–Kier alpha value is -1.83. The number of hydrogen-bond donors (Lipinski definition) is 3. The highest BCUT2D eigenvalue weighted by atomic mass is 16.3. The predicted octanol–water partition coefficient (Wildman–Crippen LogP) is 1.39. The molecule has 0 aliphatic carbocycles. The van der Waals surface area contributed by atoms with Crippen LogP contribution >= 0.6 is 0 Å². The van der Waals surface area contributed by atoms with Crippen LogP contribution in [-0.2, 0) is 0 Å². The van der Waals surface area contributed by atoms with Gasteiger partial charge in [0.05, 0.1) is 6.07 Å². The fraction of sp³-hybridized carbons (Fsp3) is 0.250. The average molecular weight is 216 g/mol. The Balaban J connectivity index is 2.51. The lowest BCUT2D eigenvalue weighted by Crippen LogP contribution is -2.15. The van der Waals surface area contributed by atoms with Crippen LogP contribution in [0.3, 0.4) is 0 Å². The molecule has 1 aromatic carbocycles. The molecule has 82 valence electrons. The van der Waals surface area contributed by atoms with Crippen molar-refractivity contribution in [3.8, 4) is 6.07 Å². The second-order valence-electron chi connectivity index (χ2n) is 3.81. The third-order valence-corrected chi connectivity index (χ3v) is 2.62. The van der Waals surface area contributed by atoms with Crippen molar-refractivity contribution in [2.75, 3.05) is 0 Å². The Morgan fingerprint density at radius 1 is 1.38 bits per heavy atom. The molecule has 0 aliphatic rings. The van der Waals surface area contributed by atoms with Gasteiger partial charge in [-0.05, 0) is 18.6 Å². The molecule has 2 rings (SSSR count). The van der Waals surface area contributed by atoms with Crippen LogP contribution in [0.1, 0.15) is 17.2 Å². The summed E-state index contributed by atoms with van der Waals surface area (Å²) < 4.78 is 0. The quantitative estimate of drug-likeness (QED) is 0.664. The number of H-pyrrole nitrogens is 1. The van der Waals surface area contributed by atoms with Gasteiger partial charge in [0.2, 0.25) is 0 Å². The molecule has 0 saturated heterocycles. The van der Waals surface area contributed by atoms with Crippen LogP contribution < -0.4 is 0 Å². The number of aromatic amines is 1. The molecule has 0 radical (unpaired) electrons. The molecule has 0 fully saturated rings. The van der Waals surface area contributed by atoms with Crippen LogP contribution in [0.5, 0.6) is 0 Å². The Bertz CT molecular complexity index is 554. The van der Waals surface area contributed by atoms with Gasteiger partial charge in [-0.1, -0.05) is 12.1 Å². The molecule has 2 aromatic rings. The van der Waals surface area contributed by atoms with E-state index in [9.17, 15) is 10.2 Å². The summed E-state index contributed by atoms with van der Waals surface area (Å²) in [5.74, 6) is 0. The zero-order valence-electron chi connectivity index (χ0n) is 8.81. The number of rotatable bonds is 2. The molecule has 2 unspecified atom stereocenters. The molecule has 16 heavy (non-hydrogen) atoms. The lowest BCUT2D eigenvalue weighted by molar-refractivity contribution is 0.0538. The van der Waals surface area contributed by atoms with Gasteiger partial charge in [0.15, 0.2) is 6.10 Å². The minimum atomic E-state index is -1.40. The molecule has 0 spiro atoms. The van der Waals surface area contributed by atoms with Crippen LogP contribution in [0.25, 0.3) is 10.9 Å². The molecule has 4 nitrogen and oxygen atoms in total. The van der Waals surface area contributed by atoms with E-state index in [1.165, 1.54) is 0 Å². The van der Waals surface area contributed by atoms with E-state index in [0.29, 0.717) is 5.56 Å². The zero-order valence-corrected chi connectivity index (χ0v) is 8.81. The van der Waals surface area contributed by atoms with Crippen LogP contribution in [0, 0.1) is 18.3 Å². The van der Waals surface area contributed by atoms with Crippen molar-refractivity contribution in [2.45, 2.75) is 19.1 Å². The van der Waals surface area contributed by atoms with Gasteiger partial charge in [-0.2, -0.15) is 5.26 Å². The number of aromatic nitrogens is 1. The lowest BCUT2D eigenvalue weighted by atomic mass is 10.0. The number of aliphatic hydroxyl groups is 2. The van der Waals surface area contributed by atoms with Gasteiger partial charge in [-0.25, -0.2) is 0 Å². The standard InChI is InChI=1S/C12H12N2O2/c1-7-2-3-8-9(6-14-10(8)4-7)12(16)11(15)5-13/h2-4,6,11-12,14-16H,1H3. The number of benzene rings is 1. The van der Waals surface area contributed by atoms with Gasteiger partial charge in [-0.15, -0.1) is 0 Å².